The van der Waals surface area contributed by atoms with Crippen LogP contribution in [-0.4, -0.2) is 58.3 Å². The van der Waals surface area contributed by atoms with Gasteiger partial charge in [0.15, 0.2) is 0 Å². The average molecular weight is 354 g/mol. The van der Waals surface area contributed by atoms with Crippen molar-refractivity contribution < 1.29 is 17.9 Å². The van der Waals surface area contributed by atoms with E-state index < -0.39 is 10.0 Å². The van der Waals surface area contributed by atoms with Gasteiger partial charge in [-0.15, -0.1) is 0 Å². The van der Waals surface area contributed by atoms with Crippen molar-refractivity contribution in [1.29, 1.82) is 0 Å². The largest absolute Gasteiger partial charge is 0.378 e. The molecule has 0 saturated carbocycles. The summed E-state index contributed by atoms with van der Waals surface area (Å²) in [5.41, 5.74) is 3.57. The molecule has 1 aliphatic heterocycles. The molecule has 1 aromatic carbocycles. The highest BCUT2D eigenvalue weighted by Crippen LogP contribution is 2.28. The van der Waals surface area contributed by atoms with Crippen molar-refractivity contribution in [3.8, 4) is 0 Å². The molecule has 0 aliphatic carbocycles. The molecule has 134 valence electrons. The van der Waals surface area contributed by atoms with Crippen LogP contribution < -0.4 is 4.31 Å². The Bertz CT molecular complexity index is 686. The fourth-order valence-electron chi connectivity index (χ4n) is 3.18. The molecule has 1 saturated heterocycles. The first-order chi connectivity index (χ1) is 11.2. The molecule has 0 radical (unpaired) electrons. The van der Waals surface area contributed by atoms with E-state index in [0.717, 1.165) is 16.7 Å². The molecular weight excluding hydrogens is 328 g/mol. The Kier molecular flexibility index (Phi) is 5.87. The quantitative estimate of drug-likeness (QED) is 0.806. The van der Waals surface area contributed by atoms with E-state index in [1.165, 1.54) is 10.6 Å². The van der Waals surface area contributed by atoms with Gasteiger partial charge in [-0.1, -0.05) is 17.7 Å². The molecule has 0 bridgehead atoms. The second-order valence-electron chi connectivity index (χ2n) is 6.33. The maximum absolute atomic E-state index is 12.3. The van der Waals surface area contributed by atoms with Crippen LogP contribution in [0.3, 0.4) is 0 Å². The molecule has 1 fully saturated rings. The number of hydrogen-bond donors (Lipinski definition) is 0. The van der Waals surface area contributed by atoms with E-state index >= 15 is 0 Å². The lowest BCUT2D eigenvalue weighted by molar-refractivity contribution is -0.135. The summed E-state index contributed by atoms with van der Waals surface area (Å²) in [5.74, 6) is -0.0330. The zero-order valence-electron chi connectivity index (χ0n) is 14.8. The molecule has 2 rings (SSSR count). The number of carbonyl (C=O) groups excluding carboxylic acids is 1. The van der Waals surface area contributed by atoms with Crippen LogP contribution in [0.1, 0.15) is 23.1 Å². The summed E-state index contributed by atoms with van der Waals surface area (Å²) in [7, 11) is -3.46. The fourth-order valence-corrected chi connectivity index (χ4v) is 4.22. The Morgan fingerprint density at radius 3 is 2.21 bits per heavy atom. The number of sulfonamides is 1. The lowest BCUT2D eigenvalue weighted by Crippen LogP contribution is -2.42. The van der Waals surface area contributed by atoms with Crippen molar-refractivity contribution in [2.24, 2.45) is 0 Å². The van der Waals surface area contributed by atoms with Crippen LogP contribution in [0, 0.1) is 20.8 Å². The molecule has 0 spiro atoms. The zero-order valence-corrected chi connectivity index (χ0v) is 15.6. The van der Waals surface area contributed by atoms with Crippen LogP contribution in [0.25, 0.3) is 0 Å². The number of benzene rings is 1. The Hall–Kier alpha value is -1.60. The standard InChI is InChI=1S/C17H26N2O4S/c1-13-11-14(2)17(15(3)12-13)19(24(4,21)22)6-5-16(20)18-7-9-23-10-8-18/h11-12H,5-10H2,1-4H3. The van der Waals surface area contributed by atoms with Gasteiger partial charge < -0.3 is 9.64 Å². The SMILES string of the molecule is Cc1cc(C)c(N(CCC(=O)N2CCOCC2)S(C)(=O)=O)c(C)c1. The first-order valence-corrected chi connectivity index (χ1v) is 9.96. The first kappa shape index (κ1) is 18.7. The maximum atomic E-state index is 12.3. The zero-order chi connectivity index (χ0) is 17.9. The third-order valence-corrected chi connectivity index (χ3v) is 5.34. The average Bonchev–Trinajstić information content (AvgIpc) is 2.49. The summed E-state index contributed by atoms with van der Waals surface area (Å²) in [6, 6.07) is 3.93. The summed E-state index contributed by atoms with van der Waals surface area (Å²) in [6.45, 7) is 8.15. The van der Waals surface area contributed by atoms with Gasteiger partial charge in [0.2, 0.25) is 15.9 Å². The number of morpholine rings is 1. The summed E-state index contributed by atoms with van der Waals surface area (Å²) in [4.78, 5) is 14.1. The van der Waals surface area contributed by atoms with E-state index in [9.17, 15) is 13.2 Å². The van der Waals surface area contributed by atoms with Crippen LogP contribution in [0.2, 0.25) is 0 Å². The highest BCUT2D eigenvalue weighted by molar-refractivity contribution is 7.92. The molecule has 24 heavy (non-hydrogen) atoms. The number of anilines is 1. The number of nitrogens with zero attached hydrogens (tertiary/aromatic N) is 2. The molecule has 7 heteroatoms. The van der Waals surface area contributed by atoms with Gasteiger partial charge in [-0.2, -0.15) is 0 Å². The minimum Gasteiger partial charge on any atom is -0.378 e. The van der Waals surface area contributed by atoms with Crippen molar-refractivity contribution in [2.45, 2.75) is 27.2 Å². The van der Waals surface area contributed by atoms with E-state index in [0.29, 0.717) is 32.0 Å². The molecule has 1 amide bonds. The highest BCUT2D eigenvalue weighted by atomic mass is 32.2. The second kappa shape index (κ2) is 7.53. The molecule has 1 heterocycles. The minimum absolute atomic E-state index is 0.0330. The Labute approximate surface area is 144 Å². The summed E-state index contributed by atoms with van der Waals surface area (Å²) in [5, 5.41) is 0. The summed E-state index contributed by atoms with van der Waals surface area (Å²) in [6.07, 6.45) is 1.35. The van der Waals surface area contributed by atoms with Crippen molar-refractivity contribution >= 4 is 21.6 Å². The van der Waals surface area contributed by atoms with E-state index in [1.807, 2.05) is 32.9 Å². The monoisotopic (exact) mass is 354 g/mol. The number of amides is 1. The predicted octanol–water partition coefficient (Wildman–Crippen LogP) is 1.63. The second-order valence-corrected chi connectivity index (χ2v) is 8.23. The highest BCUT2D eigenvalue weighted by Gasteiger charge is 2.24. The van der Waals surface area contributed by atoms with Crippen molar-refractivity contribution in [2.75, 3.05) is 43.4 Å². The third-order valence-electron chi connectivity index (χ3n) is 4.18. The summed E-state index contributed by atoms with van der Waals surface area (Å²) >= 11 is 0. The smallest absolute Gasteiger partial charge is 0.232 e. The number of ether oxygens (including phenoxy) is 1. The lowest BCUT2D eigenvalue weighted by Gasteiger charge is -2.29. The minimum atomic E-state index is -3.46. The topological polar surface area (TPSA) is 66.9 Å². The van der Waals surface area contributed by atoms with Crippen LogP contribution in [0.5, 0.6) is 0 Å². The van der Waals surface area contributed by atoms with Gasteiger partial charge in [-0.25, -0.2) is 8.42 Å². The van der Waals surface area contributed by atoms with Gasteiger partial charge in [0, 0.05) is 26.1 Å². The van der Waals surface area contributed by atoms with Gasteiger partial charge in [0.05, 0.1) is 25.2 Å². The fraction of sp³-hybridized carbons (Fsp3) is 0.588. The van der Waals surface area contributed by atoms with E-state index in [2.05, 4.69) is 0 Å². The van der Waals surface area contributed by atoms with Gasteiger partial charge in [-0.05, 0) is 31.9 Å². The van der Waals surface area contributed by atoms with Gasteiger partial charge >= 0.3 is 0 Å². The van der Waals surface area contributed by atoms with Crippen LogP contribution >= 0.6 is 0 Å². The van der Waals surface area contributed by atoms with Crippen molar-refractivity contribution in [1.82, 2.24) is 4.90 Å². The normalized spacial score (nSPS) is 15.4. The van der Waals surface area contributed by atoms with Crippen molar-refractivity contribution in [3.05, 3.63) is 28.8 Å². The Balaban J connectivity index is 2.20. The number of carbonyl (C=O) groups is 1. The van der Waals surface area contributed by atoms with E-state index in [-0.39, 0.29) is 18.9 Å². The Morgan fingerprint density at radius 1 is 1.17 bits per heavy atom. The molecule has 0 aromatic heterocycles. The predicted molar refractivity (Wildman–Crippen MR) is 94.9 cm³/mol. The molecule has 6 nitrogen and oxygen atoms in total. The van der Waals surface area contributed by atoms with Gasteiger partial charge in [0.25, 0.3) is 0 Å². The number of aryl methyl sites for hydroxylation is 3. The molecule has 0 atom stereocenters. The van der Waals surface area contributed by atoms with Crippen LogP contribution in [0.4, 0.5) is 5.69 Å². The van der Waals surface area contributed by atoms with Gasteiger partial charge in [-0.3, -0.25) is 9.10 Å². The van der Waals surface area contributed by atoms with Crippen LogP contribution in [0.15, 0.2) is 12.1 Å². The Morgan fingerprint density at radius 2 is 1.71 bits per heavy atom. The first-order valence-electron chi connectivity index (χ1n) is 8.11. The number of rotatable bonds is 5. The molecule has 0 unspecified atom stereocenters. The van der Waals surface area contributed by atoms with E-state index in [1.54, 1.807) is 4.90 Å². The van der Waals surface area contributed by atoms with Gasteiger partial charge in [0.1, 0.15) is 0 Å². The number of hydrogen-bond acceptors (Lipinski definition) is 4. The third kappa shape index (κ3) is 4.48. The van der Waals surface area contributed by atoms with E-state index in [4.69, 9.17) is 4.74 Å². The summed E-state index contributed by atoms with van der Waals surface area (Å²) < 4.78 is 31.2. The lowest BCUT2D eigenvalue weighted by atomic mass is 10.1. The molecular formula is C17H26N2O4S. The molecule has 1 aromatic rings. The maximum Gasteiger partial charge on any atom is 0.232 e. The van der Waals surface area contributed by atoms with Crippen molar-refractivity contribution in [3.63, 3.8) is 0 Å². The molecule has 1 aliphatic rings. The molecule has 0 N–H and O–H groups in total. The van der Waals surface area contributed by atoms with Crippen LogP contribution in [-0.2, 0) is 19.6 Å².